The van der Waals surface area contributed by atoms with Gasteiger partial charge in [0.1, 0.15) is 0 Å². The lowest BCUT2D eigenvalue weighted by molar-refractivity contribution is -0.118. The molecule has 0 unspecified atom stereocenters. The number of benzene rings is 1. The van der Waals surface area contributed by atoms with Gasteiger partial charge < -0.3 is 10.4 Å². The molecule has 0 saturated heterocycles. The zero-order valence-corrected chi connectivity index (χ0v) is 9.55. The van der Waals surface area contributed by atoms with Crippen LogP contribution < -0.4 is 5.32 Å². The smallest absolute Gasteiger partial charge is 0.220 e. The predicted molar refractivity (Wildman–Crippen MR) is 63.5 cm³/mol. The molecule has 1 amide bonds. The summed E-state index contributed by atoms with van der Waals surface area (Å²) in [5.41, 5.74) is 0.877. The Morgan fingerprint density at radius 2 is 2.00 bits per heavy atom. The second-order valence-electron chi connectivity index (χ2n) is 3.77. The van der Waals surface area contributed by atoms with Crippen LogP contribution in [0.2, 0.25) is 0 Å². The van der Waals surface area contributed by atoms with Crippen LogP contribution in [0.5, 0.6) is 0 Å². The number of hydrogen-bond donors (Lipinski definition) is 2. The Morgan fingerprint density at radius 3 is 2.56 bits per heavy atom. The van der Waals surface area contributed by atoms with Crippen molar-refractivity contribution < 1.29 is 9.90 Å². The number of nitrogens with one attached hydrogen (secondary N) is 1. The lowest BCUT2D eigenvalue weighted by Gasteiger charge is -2.15. The molecule has 0 aliphatic rings. The van der Waals surface area contributed by atoms with E-state index < -0.39 is 6.10 Å². The van der Waals surface area contributed by atoms with Crippen LogP contribution in [0.1, 0.15) is 25.5 Å². The van der Waals surface area contributed by atoms with E-state index >= 15 is 0 Å². The number of carbonyl (C=O) groups is 1. The van der Waals surface area contributed by atoms with Gasteiger partial charge >= 0.3 is 0 Å². The highest BCUT2D eigenvalue weighted by Gasteiger charge is 2.12. The minimum Gasteiger partial charge on any atom is -0.388 e. The molecule has 0 aromatic heterocycles. The van der Waals surface area contributed by atoms with E-state index in [1.54, 1.807) is 12.3 Å². The summed E-state index contributed by atoms with van der Waals surface area (Å²) in [4.78, 5) is 10.6. The zero-order valence-electron chi connectivity index (χ0n) is 9.55. The lowest BCUT2D eigenvalue weighted by atomic mass is 9.97. The fraction of sp³-hybridized carbons (Fsp3) is 0.308. The molecule has 1 aromatic rings. The summed E-state index contributed by atoms with van der Waals surface area (Å²) >= 11 is 0. The molecule has 0 radical (unpaired) electrons. The summed E-state index contributed by atoms with van der Waals surface area (Å²) in [6, 6.07) is 9.46. The van der Waals surface area contributed by atoms with Crippen molar-refractivity contribution >= 4 is 5.91 Å². The van der Waals surface area contributed by atoms with E-state index in [9.17, 15) is 9.90 Å². The Morgan fingerprint density at radius 1 is 1.38 bits per heavy atom. The first-order valence-electron chi connectivity index (χ1n) is 5.28. The van der Waals surface area contributed by atoms with Gasteiger partial charge in [-0.05, 0) is 5.56 Å². The van der Waals surface area contributed by atoms with Gasteiger partial charge in [0, 0.05) is 19.0 Å². The van der Waals surface area contributed by atoms with Crippen molar-refractivity contribution in [1.82, 2.24) is 5.32 Å². The molecular weight excluding hydrogens is 202 g/mol. The molecule has 0 fully saturated rings. The molecule has 0 heterocycles. The van der Waals surface area contributed by atoms with Gasteiger partial charge in [0.2, 0.25) is 5.91 Å². The highest BCUT2D eigenvalue weighted by Crippen LogP contribution is 2.21. The number of carbonyl (C=O) groups excluding carboxylic acids is 1. The van der Waals surface area contributed by atoms with E-state index in [0.29, 0.717) is 0 Å². The third-order valence-corrected chi connectivity index (χ3v) is 2.33. The number of aliphatic hydroxyl groups excluding tert-OH is 1. The molecule has 0 spiro atoms. The SMILES string of the molecule is CC(=O)N/C=C\[C@H](C)[C@H](O)c1ccccc1. The summed E-state index contributed by atoms with van der Waals surface area (Å²) in [7, 11) is 0. The fourth-order valence-electron chi connectivity index (χ4n) is 1.38. The van der Waals surface area contributed by atoms with E-state index in [2.05, 4.69) is 5.32 Å². The Kier molecular flexibility index (Phi) is 4.73. The van der Waals surface area contributed by atoms with Crippen molar-refractivity contribution in [1.29, 1.82) is 0 Å². The van der Waals surface area contributed by atoms with Crippen molar-refractivity contribution in [2.45, 2.75) is 20.0 Å². The Balaban J connectivity index is 2.57. The number of rotatable bonds is 4. The van der Waals surface area contributed by atoms with E-state index in [-0.39, 0.29) is 11.8 Å². The molecule has 1 aromatic carbocycles. The van der Waals surface area contributed by atoms with Gasteiger partial charge in [-0.25, -0.2) is 0 Å². The quantitative estimate of drug-likeness (QED) is 0.813. The van der Waals surface area contributed by atoms with Crippen LogP contribution in [0.3, 0.4) is 0 Å². The minimum absolute atomic E-state index is 0.0470. The summed E-state index contributed by atoms with van der Waals surface area (Å²) < 4.78 is 0. The average molecular weight is 219 g/mol. The first kappa shape index (κ1) is 12.5. The third kappa shape index (κ3) is 3.87. The molecule has 86 valence electrons. The normalized spacial score (nSPS) is 14.7. The highest BCUT2D eigenvalue weighted by atomic mass is 16.3. The van der Waals surface area contributed by atoms with Gasteiger partial charge in [0.15, 0.2) is 0 Å². The van der Waals surface area contributed by atoms with E-state index in [4.69, 9.17) is 0 Å². The van der Waals surface area contributed by atoms with Crippen LogP contribution in [-0.4, -0.2) is 11.0 Å². The molecule has 0 bridgehead atoms. The van der Waals surface area contributed by atoms with Crippen molar-refractivity contribution in [3.63, 3.8) is 0 Å². The lowest BCUT2D eigenvalue weighted by Crippen LogP contribution is -2.13. The molecule has 16 heavy (non-hydrogen) atoms. The van der Waals surface area contributed by atoms with Crippen LogP contribution in [-0.2, 0) is 4.79 Å². The zero-order chi connectivity index (χ0) is 12.0. The van der Waals surface area contributed by atoms with Crippen LogP contribution in [0.15, 0.2) is 42.6 Å². The highest BCUT2D eigenvalue weighted by molar-refractivity contribution is 5.73. The third-order valence-electron chi connectivity index (χ3n) is 2.33. The molecule has 3 nitrogen and oxygen atoms in total. The van der Waals surface area contributed by atoms with Crippen molar-refractivity contribution in [2.75, 3.05) is 0 Å². The van der Waals surface area contributed by atoms with Gasteiger partial charge in [0.05, 0.1) is 6.10 Å². The fourth-order valence-corrected chi connectivity index (χ4v) is 1.38. The number of hydrogen-bond acceptors (Lipinski definition) is 2. The standard InChI is InChI=1S/C13H17NO2/c1-10(8-9-14-11(2)15)13(16)12-6-4-3-5-7-12/h3-10,13,16H,1-2H3,(H,14,15)/b9-8-/t10-,13-/m0/s1. The maximum absolute atomic E-state index is 10.6. The maximum atomic E-state index is 10.6. The number of amides is 1. The van der Waals surface area contributed by atoms with Crippen molar-refractivity contribution in [3.05, 3.63) is 48.2 Å². The Labute approximate surface area is 95.8 Å². The summed E-state index contributed by atoms with van der Waals surface area (Å²) in [5, 5.41) is 12.5. The monoisotopic (exact) mass is 219 g/mol. The summed E-state index contributed by atoms with van der Waals surface area (Å²) in [6.45, 7) is 3.35. The van der Waals surface area contributed by atoms with Gasteiger partial charge in [-0.2, -0.15) is 0 Å². The van der Waals surface area contributed by atoms with Crippen molar-refractivity contribution in [2.24, 2.45) is 5.92 Å². The second kappa shape index (κ2) is 6.08. The first-order chi connectivity index (χ1) is 7.61. The molecule has 0 aliphatic carbocycles. The Bertz CT molecular complexity index is 359. The molecule has 2 N–H and O–H groups in total. The molecular formula is C13H17NO2. The topological polar surface area (TPSA) is 49.3 Å². The van der Waals surface area contributed by atoms with Crippen LogP contribution in [0, 0.1) is 5.92 Å². The first-order valence-corrected chi connectivity index (χ1v) is 5.28. The van der Waals surface area contributed by atoms with Gasteiger partial charge in [0.25, 0.3) is 0 Å². The molecule has 0 aliphatic heterocycles. The van der Waals surface area contributed by atoms with E-state index in [0.717, 1.165) is 5.56 Å². The largest absolute Gasteiger partial charge is 0.388 e. The van der Waals surface area contributed by atoms with E-state index in [1.807, 2.05) is 37.3 Å². The molecule has 0 saturated carbocycles. The summed E-state index contributed by atoms with van der Waals surface area (Å²) in [6.07, 6.45) is 2.80. The van der Waals surface area contributed by atoms with Crippen LogP contribution in [0.25, 0.3) is 0 Å². The number of aliphatic hydroxyl groups is 1. The molecule has 2 atom stereocenters. The maximum Gasteiger partial charge on any atom is 0.220 e. The minimum atomic E-state index is -0.550. The van der Waals surface area contributed by atoms with Crippen LogP contribution in [0.4, 0.5) is 0 Å². The Hall–Kier alpha value is -1.61. The van der Waals surface area contributed by atoms with Gasteiger partial charge in [-0.15, -0.1) is 0 Å². The summed E-state index contributed by atoms with van der Waals surface area (Å²) in [5.74, 6) is -0.160. The molecule has 3 heteroatoms. The van der Waals surface area contributed by atoms with Crippen molar-refractivity contribution in [3.8, 4) is 0 Å². The average Bonchev–Trinajstić information content (AvgIpc) is 2.28. The van der Waals surface area contributed by atoms with Crippen LogP contribution >= 0.6 is 0 Å². The van der Waals surface area contributed by atoms with Gasteiger partial charge in [-0.3, -0.25) is 4.79 Å². The van der Waals surface area contributed by atoms with Gasteiger partial charge in [-0.1, -0.05) is 43.3 Å². The predicted octanol–water partition coefficient (Wildman–Crippen LogP) is 2.01. The molecule has 1 rings (SSSR count). The van der Waals surface area contributed by atoms with E-state index in [1.165, 1.54) is 6.92 Å². The second-order valence-corrected chi connectivity index (χ2v) is 3.77.